The van der Waals surface area contributed by atoms with E-state index in [1.807, 2.05) is 6.92 Å². The van der Waals surface area contributed by atoms with Gasteiger partial charge in [-0.25, -0.2) is 8.78 Å². The number of carbonyl (C=O) groups is 1. The Morgan fingerprint density at radius 3 is 2.60 bits per heavy atom. The number of halogens is 3. The molecule has 20 heavy (non-hydrogen) atoms. The van der Waals surface area contributed by atoms with Crippen molar-refractivity contribution in [2.75, 3.05) is 11.1 Å². The van der Waals surface area contributed by atoms with Crippen molar-refractivity contribution in [3.05, 3.63) is 57.6 Å². The minimum absolute atomic E-state index is 0.403. The first-order valence-corrected chi connectivity index (χ1v) is 6.50. The van der Waals surface area contributed by atoms with Crippen molar-refractivity contribution >= 4 is 33.2 Å². The first-order chi connectivity index (χ1) is 9.38. The van der Waals surface area contributed by atoms with Crippen LogP contribution in [-0.2, 0) is 0 Å². The van der Waals surface area contributed by atoms with E-state index in [4.69, 9.17) is 5.73 Å². The van der Waals surface area contributed by atoms with Gasteiger partial charge in [-0.15, -0.1) is 0 Å². The monoisotopic (exact) mass is 340 g/mol. The third-order valence-corrected chi connectivity index (χ3v) is 3.59. The van der Waals surface area contributed by atoms with Gasteiger partial charge in [0.1, 0.15) is 5.82 Å². The summed E-state index contributed by atoms with van der Waals surface area (Å²) in [4.78, 5) is 11.9. The highest BCUT2D eigenvalue weighted by atomic mass is 79.9. The quantitative estimate of drug-likeness (QED) is 0.815. The first-order valence-electron chi connectivity index (χ1n) is 5.70. The Kier molecular flexibility index (Phi) is 4.04. The van der Waals surface area contributed by atoms with Gasteiger partial charge >= 0.3 is 0 Å². The minimum Gasteiger partial charge on any atom is -0.396 e. The zero-order chi connectivity index (χ0) is 14.9. The maximum atomic E-state index is 13.7. The summed E-state index contributed by atoms with van der Waals surface area (Å²) in [7, 11) is 0. The molecule has 3 N–H and O–H groups in total. The minimum atomic E-state index is -0.935. The van der Waals surface area contributed by atoms with Gasteiger partial charge in [0.2, 0.25) is 0 Å². The molecule has 2 aromatic rings. The van der Waals surface area contributed by atoms with E-state index in [1.165, 1.54) is 0 Å². The molecule has 104 valence electrons. The van der Waals surface area contributed by atoms with E-state index in [0.29, 0.717) is 5.69 Å². The average Bonchev–Trinajstić information content (AvgIpc) is 2.38. The number of amides is 1. The predicted molar refractivity (Wildman–Crippen MR) is 77.6 cm³/mol. The summed E-state index contributed by atoms with van der Waals surface area (Å²) < 4.78 is 27.7. The Balaban J connectivity index is 2.30. The molecule has 0 spiro atoms. The second-order valence-electron chi connectivity index (χ2n) is 4.27. The van der Waals surface area contributed by atoms with Crippen LogP contribution in [0.2, 0.25) is 0 Å². The molecule has 0 bridgehead atoms. The average molecular weight is 341 g/mol. The standard InChI is InChI=1S/C14H11BrF2N2O/c1-7-2-3-9(6-11(7)15)19-14(20)10-4-8(16)5-12(18)13(10)17/h2-6H,18H2,1H3,(H,19,20). The molecule has 0 aliphatic rings. The lowest BCUT2D eigenvalue weighted by molar-refractivity contribution is 0.102. The van der Waals surface area contributed by atoms with Gasteiger partial charge in [-0.05, 0) is 36.8 Å². The second-order valence-corrected chi connectivity index (χ2v) is 5.13. The molecule has 0 unspecified atom stereocenters. The first kappa shape index (κ1) is 14.5. The normalized spacial score (nSPS) is 10.4. The molecular weight excluding hydrogens is 330 g/mol. The van der Waals surface area contributed by atoms with Gasteiger partial charge in [-0.1, -0.05) is 22.0 Å². The number of anilines is 2. The molecule has 0 heterocycles. The van der Waals surface area contributed by atoms with E-state index in [1.54, 1.807) is 18.2 Å². The highest BCUT2D eigenvalue weighted by Gasteiger charge is 2.16. The number of nitrogen functional groups attached to an aromatic ring is 1. The molecule has 2 aromatic carbocycles. The van der Waals surface area contributed by atoms with Crippen molar-refractivity contribution < 1.29 is 13.6 Å². The lowest BCUT2D eigenvalue weighted by Crippen LogP contribution is -2.15. The Hall–Kier alpha value is -1.95. The number of rotatable bonds is 2. The number of nitrogens with two attached hydrogens (primary N) is 1. The van der Waals surface area contributed by atoms with Crippen molar-refractivity contribution in [3.63, 3.8) is 0 Å². The van der Waals surface area contributed by atoms with Gasteiger partial charge < -0.3 is 11.1 Å². The predicted octanol–water partition coefficient (Wildman–Crippen LogP) is 3.87. The fourth-order valence-corrected chi connectivity index (χ4v) is 2.02. The van der Waals surface area contributed by atoms with Crippen LogP contribution in [0.4, 0.5) is 20.2 Å². The van der Waals surface area contributed by atoms with Crippen LogP contribution in [0, 0.1) is 18.6 Å². The van der Waals surface area contributed by atoms with E-state index in [9.17, 15) is 13.6 Å². The number of carbonyl (C=O) groups excluding carboxylic acids is 1. The molecule has 0 atom stereocenters. The van der Waals surface area contributed by atoms with Crippen molar-refractivity contribution in [2.45, 2.75) is 6.92 Å². The summed E-state index contributed by atoms with van der Waals surface area (Å²) in [6, 6.07) is 6.77. The maximum Gasteiger partial charge on any atom is 0.258 e. The summed E-state index contributed by atoms with van der Waals surface area (Å²) in [6.07, 6.45) is 0. The highest BCUT2D eigenvalue weighted by Crippen LogP contribution is 2.22. The van der Waals surface area contributed by atoms with Crippen LogP contribution in [-0.4, -0.2) is 5.91 Å². The Bertz CT molecular complexity index is 689. The maximum absolute atomic E-state index is 13.7. The number of hydrogen-bond acceptors (Lipinski definition) is 2. The number of benzene rings is 2. The van der Waals surface area contributed by atoms with Crippen LogP contribution >= 0.6 is 15.9 Å². The lowest BCUT2D eigenvalue weighted by Gasteiger charge is -2.09. The van der Waals surface area contributed by atoms with Crippen LogP contribution in [0.15, 0.2) is 34.8 Å². The van der Waals surface area contributed by atoms with Gasteiger partial charge in [0.15, 0.2) is 5.82 Å². The Labute approximate surface area is 122 Å². The lowest BCUT2D eigenvalue weighted by atomic mass is 10.1. The zero-order valence-corrected chi connectivity index (χ0v) is 12.1. The van der Waals surface area contributed by atoms with Gasteiger partial charge in [0.05, 0.1) is 11.3 Å². The number of aryl methyl sites for hydroxylation is 1. The summed E-state index contributed by atoms with van der Waals surface area (Å²) in [5, 5.41) is 2.49. The van der Waals surface area contributed by atoms with E-state index in [0.717, 1.165) is 22.2 Å². The largest absolute Gasteiger partial charge is 0.396 e. The molecule has 0 aliphatic heterocycles. The van der Waals surface area contributed by atoms with Crippen LogP contribution in [0.1, 0.15) is 15.9 Å². The molecule has 0 aliphatic carbocycles. The van der Waals surface area contributed by atoms with Crippen molar-refractivity contribution in [1.82, 2.24) is 0 Å². The summed E-state index contributed by atoms with van der Waals surface area (Å²) in [5.74, 6) is -2.46. The van der Waals surface area contributed by atoms with E-state index in [2.05, 4.69) is 21.2 Å². The van der Waals surface area contributed by atoms with E-state index in [-0.39, 0.29) is 0 Å². The fraction of sp³-hybridized carbons (Fsp3) is 0.0714. The third-order valence-electron chi connectivity index (χ3n) is 2.74. The van der Waals surface area contributed by atoms with Crippen molar-refractivity contribution in [3.8, 4) is 0 Å². The Morgan fingerprint density at radius 1 is 1.25 bits per heavy atom. The van der Waals surface area contributed by atoms with Crippen molar-refractivity contribution in [2.24, 2.45) is 0 Å². The molecule has 0 saturated carbocycles. The molecule has 3 nitrogen and oxygen atoms in total. The van der Waals surface area contributed by atoms with Gasteiger partial charge in [0, 0.05) is 10.2 Å². The molecule has 0 saturated heterocycles. The molecule has 0 radical (unpaired) electrons. The zero-order valence-electron chi connectivity index (χ0n) is 10.5. The van der Waals surface area contributed by atoms with Gasteiger partial charge in [0.25, 0.3) is 5.91 Å². The van der Waals surface area contributed by atoms with Gasteiger partial charge in [-0.2, -0.15) is 0 Å². The van der Waals surface area contributed by atoms with E-state index < -0.39 is 28.8 Å². The van der Waals surface area contributed by atoms with E-state index >= 15 is 0 Å². The SMILES string of the molecule is Cc1ccc(NC(=O)c2cc(F)cc(N)c2F)cc1Br. The molecule has 2 rings (SSSR count). The topological polar surface area (TPSA) is 55.1 Å². The molecule has 0 aromatic heterocycles. The Morgan fingerprint density at radius 2 is 1.95 bits per heavy atom. The summed E-state index contributed by atoms with van der Waals surface area (Å²) >= 11 is 3.32. The number of hydrogen-bond donors (Lipinski definition) is 2. The van der Waals surface area contributed by atoms with Crippen molar-refractivity contribution in [1.29, 1.82) is 0 Å². The van der Waals surface area contributed by atoms with Crippen LogP contribution < -0.4 is 11.1 Å². The third kappa shape index (κ3) is 2.96. The summed E-state index contributed by atoms with van der Waals surface area (Å²) in [5.41, 5.74) is 5.92. The van der Waals surface area contributed by atoms with Crippen LogP contribution in [0.25, 0.3) is 0 Å². The fourth-order valence-electron chi connectivity index (χ4n) is 1.64. The molecular formula is C14H11BrF2N2O. The van der Waals surface area contributed by atoms with Crippen LogP contribution in [0.5, 0.6) is 0 Å². The number of nitrogens with one attached hydrogen (secondary N) is 1. The van der Waals surface area contributed by atoms with Crippen LogP contribution in [0.3, 0.4) is 0 Å². The molecule has 0 fully saturated rings. The molecule has 6 heteroatoms. The smallest absolute Gasteiger partial charge is 0.258 e. The second kappa shape index (κ2) is 5.58. The highest BCUT2D eigenvalue weighted by molar-refractivity contribution is 9.10. The van der Waals surface area contributed by atoms with Gasteiger partial charge in [-0.3, -0.25) is 4.79 Å². The summed E-state index contributed by atoms with van der Waals surface area (Å²) in [6.45, 7) is 1.89. The molecule has 1 amide bonds.